The minimum absolute atomic E-state index is 0.274. The van der Waals surface area contributed by atoms with Crippen LogP contribution >= 0.6 is 11.6 Å². The third-order valence-electron chi connectivity index (χ3n) is 4.70. The molecule has 0 aliphatic rings. The Morgan fingerprint density at radius 1 is 0.968 bits per heavy atom. The zero-order chi connectivity index (χ0) is 21.6. The monoisotopic (exact) mass is 432 g/mol. The van der Waals surface area contributed by atoms with E-state index in [0.717, 1.165) is 21.9 Å². The molecule has 0 fully saturated rings. The lowest BCUT2D eigenvalue weighted by Crippen LogP contribution is -2.17. The lowest BCUT2D eigenvalue weighted by atomic mass is 10.0. The molecule has 6 heteroatoms. The minimum Gasteiger partial charge on any atom is -0.488 e. The van der Waals surface area contributed by atoms with E-state index in [-0.39, 0.29) is 18.3 Å². The SMILES string of the molecule is O=C(N/N=C\c1c(OCc2ccc(F)cc2)ccc2ccccc12)c1ccc(Cl)cc1. The van der Waals surface area contributed by atoms with E-state index in [1.165, 1.54) is 12.1 Å². The molecule has 31 heavy (non-hydrogen) atoms. The van der Waals surface area contributed by atoms with Gasteiger partial charge in [0.1, 0.15) is 18.2 Å². The van der Waals surface area contributed by atoms with Crippen LogP contribution in [-0.2, 0) is 6.61 Å². The number of rotatable bonds is 6. The summed E-state index contributed by atoms with van der Waals surface area (Å²) in [5, 5.41) is 6.63. The maximum absolute atomic E-state index is 13.1. The standard InChI is InChI=1S/C25H18ClFN2O2/c26-20-10-7-19(8-11-20)25(30)29-28-15-23-22-4-2-1-3-18(22)9-14-24(23)31-16-17-5-12-21(27)13-6-17/h1-15H,16H2,(H,29,30)/b28-15-. The van der Waals surface area contributed by atoms with Crippen molar-refractivity contribution in [2.75, 3.05) is 0 Å². The van der Waals surface area contributed by atoms with E-state index in [1.807, 2.05) is 36.4 Å². The molecule has 0 radical (unpaired) electrons. The van der Waals surface area contributed by atoms with Crippen molar-refractivity contribution in [3.8, 4) is 5.75 Å². The van der Waals surface area contributed by atoms with E-state index in [2.05, 4.69) is 10.5 Å². The molecule has 4 rings (SSSR count). The molecule has 4 nitrogen and oxygen atoms in total. The quantitative estimate of drug-likeness (QED) is 0.301. The second kappa shape index (κ2) is 9.41. The zero-order valence-corrected chi connectivity index (χ0v) is 17.1. The van der Waals surface area contributed by atoms with Crippen molar-refractivity contribution < 1.29 is 13.9 Å². The molecule has 4 aromatic carbocycles. The normalized spacial score (nSPS) is 11.0. The second-order valence-electron chi connectivity index (χ2n) is 6.82. The lowest BCUT2D eigenvalue weighted by molar-refractivity contribution is 0.0955. The van der Waals surface area contributed by atoms with Gasteiger partial charge in [-0.15, -0.1) is 0 Å². The summed E-state index contributed by atoms with van der Waals surface area (Å²) in [6.07, 6.45) is 1.57. The third kappa shape index (κ3) is 5.08. The van der Waals surface area contributed by atoms with E-state index in [1.54, 1.807) is 42.6 Å². The minimum atomic E-state index is -0.345. The first-order valence-corrected chi connectivity index (χ1v) is 9.96. The molecule has 1 amide bonds. The van der Waals surface area contributed by atoms with Gasteiger partial charge >= 0.3 is 0 Å². The molecule has 0 unspecified atom stereocenters. The first kappa shape index (κ1) is 20.6. The Labute approximate surface area is 183 Å². The first-order chi connectivity index (χ1) is 15.1. The van der Waals surface area contributed by atoms with E-state index >= 15 is 0 Å². The number of benzene rings is 4. The number of carbonyl (C=O) groups excluding carboxylic acids is 1. The Hall–Kier alpha value is -3.70. The van der Waals surface area contributed by atoms with Crippen LogP contribution in [0.15, 0.2) is 90.0 Å². The van der Waals surface area contributed by atoms with Gasteiger partial charge in [-0.25, -0.2) is 9.82 Å². The Bertz CT molecular complexity index is 1240. The summed E-state index contributed by atoms with van der Waals surface area (Å²) in [5.74, 6) is -0.0341. The molecule has 154 valence electrons. The highest BCUT2D eigenvalue weighted by atomic mass is 35.5. The molecule has 0 spiro atoms. The highest BCUT2D eigenvalue weighted by molar-refractivity contribution is 6.30. The van der Waals surface area contributed by atoms with Crippen LogP contribution in [0.5, 0.6) is 5.75 Å². The fraction of sp³-hybridized carbons (Fsp3) is 0.0400. The van der Waals surface area contributed by atoms with Crippen molar-refractivity contribution in [3.63, 3.8) is 0 Å². The van der Waals surface area contributed by atoms with Crippen molar-refractivity contribution in [1.82, 2.24) is 5.43 Å². The summed E-state index contributed by atoms with van der Waals surface area (Å²) >= 11 is 5.86. The van der Waals surface area contributed by atoms with Crippen LogP contribution in [0.1, 0.15) is 21.5 Å². The molecule has 0 bridgehead atoms. The molecular formula is C25H18ClFN2O2. The summed E-state index contributed by atoms with van der Waals surface area (Å²) in [6, 6.07) is 24.3. The molecule has 0 heterocycles. The number of carbonyl (C=O) groups is 1. The Kier molecular flexibility index (Phi) is 6.24. The zero-order valence-electron chi connectivity index (χ0n) is 16.4. The van der Waals surface area contributed by atoms with Crippen molar-refractivity contribution in [1.29, 1.82) is 0 Å². The average molecular weight is 433 g/mol. The van der Waals surface area contributed by atoms with E-state index in [9.17, 15) is 9.18 Å². The maximum Gasteiger partial charge on any atom is 0.271 e. The van der Waals surface area contributed by atoms with Gasteiger partial charge in [0.15, 0.2) is 0 Å². The van der Waals surface area contributed by atoms with Crippen LogP contribution in [0.25, 0.3) is 10.8 Å². The number of hydrogen-bond acceptors (Lipinski definition) is 3. The van der Waals surface area contributed by atoms with Crippen LogP contribution in [0.4, 0.5) is 4.39 Å². The lowest BCUT2D eigenvalue weighted by Gasteiger charge is -2.12. The van der Waals surface area contributed by atoms with Gasteiger partial charge in [-0.1, -0.05) is 54.1 Å². The summed E-state index contributed by atoms with van der Waals surface area (Å²) in [5.41, 5.74) is 4.55. The van der Waals surface area contributed by atoms with Crippen molar-refractivity contribution in [3.05, 3.63) is 112 Å². The number of nitrogens with one attached hydrogen (secondary N) is 1. The number of nitrogens with zero attached hydrogens (tertiary/aromatic N) is 1. The Morgan fingerprint density at radius 2 is 1.71 bits per heavy atom. The second-order valence-corrected chi connectivity index (χ2v) is 7.26. The van der Waals surface area contributed by atoms with E-state index in [0.29, 0.717) is 16.3 Å². The van der Waals surface area contributed by atoms with Crippen LogP contribution in [-0.4, -0.2) is 12.1 Å². The van der Waals surface area contributed by atoms with Crippen LogP contribution in [0, 0.1) is 5.82 Å². The molecule has 1 N–H and O–H groups in total. The van der Waals surface area contributed by atoms with Crippen LogP contribution < -0.4 is 10.2 Å². The molecule has 4 aromatic rings. The van der Waals surface area contributed by atoms with E-state index in [4.69, 9.17) is 16.3 Å². The average Bonchev–Trinajstić information content (AvgIpc) is 2.79. The third-order valence-corrected chi connectivity index (χ3v) is 4.96. The molecule has 0 aromatic heterocycles. The van der Waals surface area contributed by atoms with Gasteiger partial charge in [0.2, 0.25) is 0 Å². The van der Waals surface area contributed by atoms with Gasteiger partial charge in [0.05, 0.1) is 6.21 Å². The highest BCUT2D eigenvalue weighted by Gasteiger charge is 2.09. The fourth-order valence-electron chi connectivity index (χ4n) is 3.10. The maximum atomic E-state index is 13.1. The Balaban J connectivity index is 1.57. The molecular weight excluding hydrogens is 415 g/mol. The van der Waals surface area contributed by atoms with Gasteiger partial charge in [-0.2, -0.15) is 5.10 Å². The molecule has 0 saturated heterocycles. The first-order valence-electron chi connectivity index (χ1n) is 9.58. The number of ether oxygens (including phenoxy) is 1. The predicted molar refractivity (Wildman–Crippen MR) is 121 cm³/mol. The topological polar surface area (TPSA) is 50.7 Å². The number of amides is 1. The summed E-state index contributed by atoms with van der Waals surface area (Å²) in [7, 11) is 0. The van der Waals surface area contributed by atoms with Crippen molar-refractivity contribution in [2.24, 2.45) is 5.10 Å². The van der Waals surface area contributed by atoms with Gasteiger partial charge in [0.25, 0.3) is 5.91 Å². The smallest absolute Gasteiger partial charge is 0.271 e. The largest absolute Gasteiger partial charge is 0.488 e. The van der Waals surface area contributed by atoms with Crippen molar-refractivity contribution in [2.45, 2.75) is 6.61 Å². The number of fused-ring (bicyclic) bond motifs is 1. The van der Waals surface area contributed by atoms with Gasteiger partial charge < -0.3 is 4.74 Å². The molecule has 0 atom stereocenters. The van der Waals surface area contributed by atoms with Gasteiger partial charge in [-0.3, -0.25) is 4.79 Å². The number of hydrazone groups is 1. The van der Waals surface area contributed by atoms with Gasteiger partial charge in [-0.05, 0) is 58.8 Å². The molecule has 0 saturated carbocycles. The van der Waals surface area contributed by atoms with E-state index < -0.39 is 0 Å². The Morgan fingerprint density at radius 3 is 2.48 bits per heavy atom. The number of hydrogen-bond donors (Lipinski definition) is 1. The fourth-order valence-corrected chi connectivity index (χ4v) is 3.22. The summed E-state index contributed by atoms with van der Waals surface area (Å²) < 4.78 is 19.1. The number of halogens is 2. The highest BCUT2D eigenvalue weighted by Crippen LogP contribution is 2.27. The molecule has 0 aliphatic carbocycles. The molecule has 0 aliphatic heterocycles. The van der Waals surface area contributed by atoms with Crippen LogP contribution in [0.3, 0.4) is 0 Å². The predicted octanol–water partition coefficient (Wildman–Crippen LogP) is 5.98. The summed E-state index contributed by atoms with van der Waals surface area (Å²) in [4.78, 5) is 12.3. The van der Waals surface area contributed by atoms with Crippen LogP contribution in [0.2, 0.25) is 5.02 Å². The summed E-state index contributed by atoms with van der Waals surface area (Å²) in [6.45, 7) is 0.274. The van der Waals surface area contributed by atoms with Gasteiger partial charge in [0, 0.05) is 16.1 Å². The van der Waals surface area contributed by atoms with Crippen molar-refractivity contribution >= 4 is 34.5 Å².